The molecular weight excluding hydrogens is 392 g/mol. The monoisotopic (exact) mass is 414 g/mol. The van der Waals surface area contributed by atoms with E-state index < -0.39 is 0 Å². The molecule has 156 valence electrons. The predicted octanol–water partition coefficient (Wildman–Crippen LogP) is 4.53. The average molecular weight is 414 g/mol. The smallest absolute Gasteiger partial charge is 0.323 e. The Labute approximate surface area is 179 Å². The zero-order valence-electron chi connectivity index (χ0n) is 17.3. The van der Waals surface area contributed by atoms with Gasteiger partial charge < -0.3 is 15.4 Å². The van der Waals surface area contributed by atoms with Gasteiger partial charge in [-0.3, -0.25) is 9.20 Å². The first-order chi connectivity index (χ1) is 15.0. The van der Waals surface area contributed by atoms with E-state index in [0.29, 0.717) is 22.8 Å². The van der Waals surface area contributed by atoms with Gasteiger partial charge in [0.05, 0.1) is 5.69 Å². The van der Waals surface area contributed by atoms with Crippen LogP contribution in [0.1, 0.15) is 16.8 Å². The molecule has 7 heteroatoms. The van der Waals surface area contributed by atoms with Crippen molar-refractivity contribution in [3.8, 4) is 5.75 Å². The fraction of sp³-hybridized carbons (Fsp3) is 0.125. The highest BCUT2D eigenvalue weighted by atomic mass is 16.5. The van der Waals surface area contributed by atoms with Gasteiger partial charge in [0.15, 0.2) is 0 Å². The van der Waals surface area contributed by atoms with Crippen molar-refractivity contribution >= 4 is 23.1 Å². The zero-order valence-corrected chi connectivity index (χ0v) is 17.3. The number of carbonyl (C=O) groups is 1. The van der Waals surface area contributed by atoms with Gasteiger partial charge in [0.25, 0.3) is 5.56 Å². The van der Waals surface area contributed by atoms with Crippen LogP contribution < -0.4 is 20.9 Å². The minimum atomic E-state index is -0.316. The number of amides is 2. The third kappa shape index (κ3) is 4.90. The van der Waals surface area contributed by atoms with E-state index in [-0.39, 0.29) is 18.2 Å². The highest BCUT2D eigenvalue weighted by molar-refractivity contribution is 6.00. The Morgan fingerprint density at radius 3 is 2.61 bits per heavy atom. The Morgan fingerprint density at radius 2 is 1.81 bits per heavy atom. The highest BCUT2D eigenvalue weighted by Gasteiger charge is 2.07. The van der Waals surface area contributed by atoms with Gasteiger partial charge in [-0.25, -0.2) is 9.78 Å². The molecule has 0 aliphatic rings. The summed E-state index contributed by atoms with van der Waals surface area (Å²) in [5.74, 6) is 0.607. The fourth-order valence-corrected chi connectivity index (χ4v) is 3.12. The number of nitrogens with one attached hydrogen (secondary N) is 2. The van der Waals surface area contributed by atoms with Crippen LogP contribution in [0.4, 0.5) is 16.2 Å². The first-order valence-corrected chi connectivity index (χ1v) is 9.83. The summed E-state index contributed by atoms with van der Waals surface area (Å²) in [4.78, 5) is 28.9. The van der Waals surface area contributed by atoms with Crippen LogP contribution in [0.3, 0.4) is 0 Å². The molecule has 7 nitrogen and oxygen atoms in total. The molecule has 0 radical (unpaired) electrons. The van der Waals surface area contributed by atoms with Crippen molar-refractivity contribution in [2.45, 2.75) is 20.5 Å². The van der Waals surface area contributed by atoms with E-state index >= 15 is 0 Å². The quantitative estimate of drug-likeness (QED) is 0.502. The minimum Gasteiger partial charge on any atom is -0.487 e. The number of pyridine rings is 1. The van der Waals surface area contributed by atoms with Crippen LogP contribution in [0, 0.1) is 13.8 Å². The molecule has 0 aliphatic heterocycles. The Kier molecular flexibility index (Phi) is 5.66. The van der Waals surface area contributed by atoms with Gasteiger partial charge in [-0.1, -0.05) is 18.2 Å². The maximum absolute atomic E-state index is 12.3. The second-order valence-electron chi connectivity index (χ2n) is 7.23. The second kappa shape index (κ2) is 8.71. The highest BCUT2D eigenvalue weighted by Crippen LogP contribution is 2.19. The normalized spacial score (nSPS) is 10.6. The number of carbonyl (C=O) groups excluding carboxylic acids is 1. The number of nitrogens with zero attached hydrogens (tertiary/aromatic N) is 2. The van der Waals surface area contributed by atoms with Gasteiger partial charge in [-0.05, 0) is 67.4 Å². The maximum Gasteiger partial charge on any atom is 0.323 e. The molecule has 2 aromatic carbocycles. The minimum absolute atomic E-state index is 0.154. The van der Waals surface area contributed by atoms with Gasteiger partial charge in [0, 0.05) is 23.6 Å². The van der Waals surface area contributed by atoms with E-state index in [0.717, 1.165) is 16.8 Å². The van der Waals surface area contributed by atoms with Crippen LogP contribution in [0.5, 0.6) is 5.75 Å². The van der Waals surface area contributed by atoms with E-state index in [1.807, 2.05) is 38.1 Å². The zero-order chi connectivity index (χ0) is 21.8. The number of benzene rings is 2. The molecule has 0 aliphatic carbocycles. The van der Waals surface area contributed by atoms with Crippen molar-refractivity contribution in [3.05, 3.63) is 100 Å². The summed E-state index contributed by atoms with van der Waals surface area (Å²) in [5, 5.41) is 5.66. The van der Waals surface area contributed by atoms with E-state index in [2.05, 4.69) is 15.6 Å². The standard InChI is InChI=1S/C24H22N4O3/c1-16-6-7-17(2)21(13-16)27-24(30)26-18-8-10-20(11-9-18)31-15-19-14-23(29)28-12-4-3-5-22(28)25-19/h3-14H,15H2,1-2H3,(H2,26,27,30). The Hall–Kier alpha value is -4.13. The number of ether oxygens (including phenoxy) is 1. The van der Waals surface area contributed by atoms with Gasteiger partial charge in [0.2, 0.25) is 0 Å². The topological polar surface area (TPSA) is 84.7 Å². The molecule has 0 saturated heterocycles. The summed E-state index contributed by atoms with van der Waals surface area (Å²) in [7, 11) is 0. The van der Waals surface area contributed by atoms with Gasteiger partial charge in [0.1, 0.15) is 18.0 Å². The number of fused-ring (bicyclic) bond motifs is 1. The molecule has 0 bridgehead atoms. The first kappa shape index (κ1) is 20.2. The van der Waals surface area contributed by atoms with Crippen LogP contribution >= 0.6 is 0 Å². The lowest BCUT2D eigenvalue weighted by Crippen LogP contribution is -2.20. The number of rotatable bonds is 5. The van der Waals surface area contributed by atoms with Gasteiger partial charge in [-0.2, -0.15) is 0 Å². The molecular formula is C24H22N4O3. The third-order valence-electron chi connectivity index (χ3n) is 4.76. The lowest BCUT2D eigenvalue weighted by atomic mass is 10.1. The molecule has 4 aromatic rings. The van der Waals surface area contributed by atoms with Crippen LogP contribution in [-0.2, 0) is 6.61 Å². The number of anilines is 2. The van der Waals surface area contributed by atoms with Crippen molar-refractivity contribution in [2.24, 2.45) is 0 Å². The Morgan fingerprint density at radius 1 is 1.00 bits per heavy atom. The molecule has 2 heterocycles. The second-order valence-corrected chi connectivity index (χ2v) is 7.23. The van der Waals surface area contributed by atoms with Crippen molar-refractivity contribution in [3.63, 3.8) is 0 Å². The number of hydrogen-bond acceptors (Lipinski definition) is 4. The summed E-state index contributed by atoms with van der Waals surface area (Å²) in [6, 6.07) is 19.4. The van der Waals surface area contributed by atoms with E-state index in [1.165, 1.54) is 10.5 Å². The van der Waals surface area contributed by atoms with E-state index in [4.69, 9.17) is 4.74 Å². The number of aromatic nitrogens is 2. The molecule has 31 heavy (non-hydrogen) atoms. The molecule has 0 fully saturated rings. The molecule has 2 aromatic heterocycles. The lowest BCUT2D eigenvalue weighted by molar-refractivity contribution is 0.262. The lowest BCUT2D eigenvalue weighted by Gasteiger charge is -2.11. The summed E-state index contributed by atoms with van der Waals surface area (Å²) in [6.07, 6.45) is 1.68. The fourth-order valence-electron chi connectivity index (χ4n) is 3.12. The molecule has 0 saturated carbocycles. The maximum atomic E-state index is 12.3. The Balaban J connectivity index is 1.36. The van der Waals surface area contributed by atoms with Crippen LogP contribution in [-0.4, -0.2) is 15.4 Å². The largest absolute Gasteiger partial charge is 0.487 e. The van der Waals surface area contributed by atoms with Crippen molar-refractivity contribution in [1.82, 2.24) is 9.38 Å². The molecule has 0 spiro atoms. The van der Waals surface area contributed by atoms with Crippen molar-refractivity contribution < 1.29 is 9.53 Å². The van der Waals surface area contributed by atoms with Crippen LogP contribution in [0.25, 0.3) is 5.65 Å². The number of hydrogen-bond donors (Lipinski definition) is 2. The average Bonchev–Trinajstić information content (AvgIpc) is 2.76. The van der Waals surface area contributed by atoms with Crippen molar-refractivity contribution in [1.29, 1.82) is 0 Å². The third-order valence-corrected chi connectivity index (χ3v) is 4.76. The summed E-state index contributed by atoms with van der Waals surface area (Å²) >= 11 is 0. The van der Waals surface area contributed by atoms with Gasteiger partial charge in [-0.15, -0.1) is 0 Å². The van der Waals surface area contributed by atoms with Crippen molar-refractivity contribution in [2.75, 3.05) is 10.6 Å². The molecule has 2 amide bonds. The van der Waals surface area contributed by atoms with Crippen LogP contribution in [0.15, 0.2) is 77.7 Å². The summed E-state index contributed by atoms with van der Waals surface area (Å²) < 4.78 is 7.22. The summed E-state index contributed by atoms with van der Waals surface area (Å²) in [5.41, 5.74) is 4.44. The van der Waals surface area contributed by atoms with Gasteiger partial charge >= 0.3 is 6.03 Å². The summed E-state index contributed by atoms with van der Waals surface area (Å²) in [6.45, 7) is 4.09. The predicted molar refractivity (Wildman–Crippen MR) is 121 cm³/mol. The van der Waals surface area contributed by atoms with Crippen LogP contribution in [0.2, 0.25) is 0 Å². The SMILES string of the molecule is Cc1ccc(C)c(NC(=O)Nc2ccc(OCc3cc(=O)n4ccccc4n3)cc2)c1. The molecule has 0 atom stereocenters. The number of aryl methyl sites for hydroxylation is 2. The van der Waals surface area contributed by atoms with E-state index in [1.54, 1.807) is 42.6 Å². The number of urea groups is 1. The molecule has 4 rings (SSSR count). The Bertz CT molecular complexity index is 1300. The molecule has 0 unspecified atom stereocenters. The molecule has 2 N–H and O–H groups in total. The first-order valence-electron chi connectivity index (χ1n) is 9.83. The van der Waals surface area contributed by atoms with E-state index in [9.17, 15) is 9.59 Å².